The van der Waals surface area contributed by atoms with E-state index in [0.29, 0.717) is 27.8 Å². The van der Waals surface area contributed by atoms with Crippen LogP contribution in [-0.4, -0.2) is 46.5 Å². The summed E-state index contributed by atoms with van der Waals surface area (Å²) in [6, 6.07) is 6.93. The Morgan fingerprint density at radius 3 is 2.87 bits per heavy atom. The van der Waals surface area contributed by atoms with Crippen LogP contribution in [0.1, 0.15) is 35.8 Å². The first-order chi connectivity index (χ1) is 15.0. The summed E-state index contributed by atoms with van der Waals surface area (Å²) in [6.45, 7) is 1.48. The first-order valence-electron chi connectivity index (χ1n) is 9.58. The predicted octanol–water partition coefficient (Wildman–Crippen LogP) is 0.452. The number of fused-ring (bicyclic) bond motifs is 1. The van der Waals surface area contributed by atoms with E-state index < -0.39 is 5.69 Å². The first-order valence-corrected chi connectivity index (χ1v) is 9.58. The van der Waals surface area contributed by atoms with Crippen molar-refractivity contribution < 1.29 is 14.6 Å². The summed E-state index contributed by atoms with van der Waals surface area (Å²) in [5.41, 5.74) is 0.876. The number of aromatic hydroxyl groups is 1. The van der Waals surface area contributed by atoms with Gasteiger partial charge in [0.15, 0.2) is 11.4 Å². The third-order valence-corrected chi connectivity index (χ3v) is 4.69. The highest BCUT2D eigenvalue weighted by Gasteiger charge is 2.21. The van der Waals surface area contributed by atoms with Crippen LogP contribution in [0.15, 0.2) is 40.2 Å². The van der Waals surface area contributed by atoms with E-state index in [1.165, 1.54) is 23.7 Å². The fraction of sp³-hybridized carbons (Fsp3) is 0.200. The summed E-state index contributed by atoms with van der Waals surface area (Å²) >= 11 is 0. The predicted molar refractivity (Wildman–Crippen MR) is 108 cm³/mol. The smallest absolute Gasteiger partial charge is 0.327 e. The number of hydrogen-bond donors (Lipinski definition) is 3. The van der Waals surface area contributed by atoms with Crippen LogP contribution in [0, 0.1) is 0 Å². The molecule has 0 spiro atoms. The minimum atomic E-state index is -0.534. The molecule has 156 valence electrons. The number of nitrogens with zero attached hydrogens (tertiary/aromatic N) is 5. The standard InChI is InChI=1S/C20H17N7O4/c1-10(28)11-3-2-4-14(7-11)31-20-24-16-12(8-15-17(29)25-19(30)23-15)9-21-27(16)18(26-20)22-13-5-6-13/h2-4,7-9,13,29H,5-6H2,1H3,(H2,23,25,30). The lowest BCUT2D eigenvalue weighted by atomic mass is 10.1. The average Bonchev–Trinajstić information content (AvgIpc) is 3.37. The van der Waals surface area contributed by atoms with Gasteiger partial charge in [-0.15, -0.1) is 0 Å². The Balaban J connectivity index is 1.65. The molecule has 3 aromatic heterocycles. The van der Waals surface area contributed by atoms with Crippen molar-refractivity contribution in [3.05, 3.63) is 63.0 Å². The summed E-state index contributed by atoms with van der Waals surface area (Å²) in [4.78, 5) is 41.2. The molecule has 0 atom stereocenters. The lowest BCUT2D eigenvalue weighted by Gasteiger charge is -2.05. The van der Waals surface area contributed by atoms with Crippen molar-refractivity contribution in [2.24, 2.45) is 4.99 Å². The monoisotopic (exact) mass is 419 g/mol. The van der Waals surface area contributed by atoms with E-state index in [1.54, 1.807) is 24.3 Å². The van der Waals surface area contributed by atoms with Crippen LogP contribution in [0.4, 0.5) is 0 Å². The van der Waals surface area contributed by atoms with Crippen molar-refractivity contribution in [1.82, 2.24) is 29.5 Å². The van der Waals surface area contributed by atoms with Gasteiger partial charge in [0.25, 0.3) is 5.62 Å². The van der Waals surface area contributed by atoms with Gasteiger partial charge in [0, 0.05) is 10.8 Å². The van der Waals surface area contributed by atoms with Crippen LogP contribution in [0.5, 0.6) is 17.6 Å². The minimum Gasteiger partial charge on any atom is -0.493 e. The zero-order chi connectivity index (χ0) is 21.5. The molecule has 0 saturated heterocycles. The second kappa shape index (κ2) is 7.20. The van der Waals surface area contributed by atoms with E-state index in [9.17, 15) is 14.7 Å². The molecule has 3 heterocycles. The lowest BCUT2D eigenvalue weighted by Crippen LogP contribution is -2.23. The quantitative estimate of drug-likeness (QED) is 0.397. The minimum absolute atomic E-state index is 0.0366. The van der Waals surface area contributed by atoms with Gasteiger partial charge in [-0.1, -0.05) is 12.1 Å². The summed E-state index contributed by atoms with van der Waals surface area (Å²) in [6.07, 6.45) is 5.01. The second-order valence-electron chi connectivity index (χ2n) is 7.17. The number of H-pyrrole nitrogens is 2. The molecule has 1 aliphatic rings. The van der Waals surface area contributed by atoms with Crippen molar-refractivity contribution in [3.63, 3.8) is 0 Å². The maximum Gasteiger partial charge on any atom is 0.327 e. The number of Topliss-reactive ketones (excluding diaryl/α,β-unsaturated/α-hetero) is 1. The number of benzene rings is 1. The Hall–Kier alpha value is -4.28. The molecule has 0 unspecified atom stereocenters. The molecular formula is C20H17N7O4. The normalized spacial score (nSPS) is 15.0. The molecule has 1 fully saturated rings. The zero-order valence-electron chi connectivity index (χ0n) is 16.4. The number of aromatic nitrogens is 6. The van der Waals surface area contributed by atoms with E-state index in [0.717, 1.165) is 12.8 Å². The molecule has 5 rings (SSSR count). The number of imidazole rings is 1. The summed E-state index contributed by atoms with van der Waals surface area (Å²) < 4.78 is 7.30. The molecule has 0 amide bonds. The Bertz CT molecular complexity index is 1490. The topological polar surface area (TPSA) is 151 Å². The van der Waals surface area contributed by atoms with E-state index in [1.807, 2.05) is 0 Å². The van der Waals surface area contributed by atoms with Crippen LogP contribution in [0.3, 0.4) is 0 Å². The summed E-state index contributed by atoms with van der Waals surface area (Å²) in [5, 5.41) is 14.7. The maximum absolute atomic E-state index is 11.7. The number of carbonyl (C=O) groups excluding carboxylic acids is 1. The van der Waals surface area contributed by atoms with Crippen molar-refractivity contribution in [3.8, 4) is 17.6 Å². The number of rotatable bonds is 5. The SMILES string of the molecule is CC(=O)c1cccc(Oc2nc(=NC3CC3)n3ncc(=Cc4[nH]c(=O)[nH]c4O)c3n2)c1. The summed E-state index contributed by atoms with van der Waals surface area (Å²) in [5.74, 6) is 0.0325. The number of hydrogen-bond acceptors (Lipinski definition) is 8. The highest BCUT2D eigenvalue weighted by molar-refractivity contribution is 5.94. The molecule has 3 N–H and O–H groups in total. The van der Waals surface area contributed by atoms with Gasteiger partial charge in [0.2, 0.25) is 5.88 Å². The molecule has 11 heteroatoms. The van der Waals surface area contributed by atoms with Gasteiger partial charge >= 0.3 is 11.7 Å². The van der Waals surface area contributed by atoms with Gasteiger partial charge in [-0.2, -0.15) is 19.6 Å². The van der Waals surface area contributed by atoms with Gasteiger partial charge in [0.1, 0.15) is 11.4 Å². The molecule has 0 radical (unpaired) electrons. The van der Waals surface area contributed by atoms with Crippen molar-refractivity contribution >= 4 is 17.5 Å². The largest absolute Gasteiger partial charge is 0.493 e. The number of nitrogens with one attached hydrogen (secondary N) is 2. The van der Waals surface area contributed by atoms with E-state index in [2.05, 4.69) is 30.0 Å². The van der Waals surface area contributed by atoms with Crippen LogP contribution < -0.4 is 21.3 Å². The molecule has 1 aromatic carbocycles. The molecular weight excluding hydrogens is 402 g/mol. The van der Waals surface area contributed by atoms with Crippen molar-refractivity contribution in [1.29, 1.82) is 0 Å². The van der Waals surface area contributed by atoms with Gasteiger partial charge in [-0.05, 0) is 38.0 Å². The van der Waals surface area contributed by atoms with Gasteiger partial charge in [-0.3, -0.25) is 9.78 Å². The Labute approximate surface area is 173 Å². The Morgan fingerprint density at radius 2 is 2.16 bits per heavy atom. The maximum atomic E-state index is 11.7. The average molecular weight is 419 g/mol. The van der Waals surface area contributed by atoms with Crippen LogP contribution >= 0.6 is 0 Å². The van der Waals surface area contributed by atoms with Crippen LogP contribution in [0.2, 0.25) is 0 Å². The molecule has 0 aliphatic heterocycles. The second-order valence-corrected chi connectivity index (χ2v) is 7.17. The fourth-order valence-electron chi connectivity index (χ4n) is 2.99. The van der Waals surface area contributed by atoms with E-state index >= 15 is 0 Å². The number of carbonyl (C=O) groups is 1. The first kappa shape index (κ1) is 18.7. The Kier molecular flexibility index (Phi) is 4.35. The molecule has 1 aliphatic carbocycles. The highest BCUT2D eigenvalue weighted by Crippen LogP contribution is 2.23. The zero-order valence-corrected chi connectivity index (χ0v) is 16.4. The van der Waals surface area contributed by atoms with Crippen molar-refractivity contribution in [2.75, 3.05) is 0 Å². The van der Waals surface area contributed by atoms with Crippen molar-refractivity contribution in [2.45, 2.75) is 25.8 Å². The van der Waals surface area contributed by atoms with Gasteiger partial charge in [0.05, 0.1) is 12.2 Å². The Morgan fingerprint density at radius 1 is 1.32 bits per heavy atom. The molecule has 4 aromatic rings. The number of aromatic amines is 2. The van der Waals surface area contributed by atoms with Crippen LogP contribution in [0.25, 0.3) is 11.7 Å². The third-order valence-electron chi connectivity index (χ3n) is 4.69. The number of ketones is 1. The van der Waals surface area contributed by atoms with E-state index in [-0.39, 0.29) is 29.4 Å². The lowest BCUT2D eigenvalue weighted by molar-refractivity contribution is 0.101. The molecule has 1 saturated carbocycles. The van der Waals surface area contributed by atoms with Gasteiger partial charge < -0.3 is 14.8 Å². The highest BCUT2D eigenvalue weighted by atomic mass is 16.5. The fourth-order valence-corrected chi connectivity index (χ4v) is 2.99. The van der Waals surface area contributed by atoms with E-state index in [4.69, 9.17) is 4.74 Å². The molecule has 11 nitrogen and oxygen atoms in total. The molecule has 31 heavy (non-hydrogen) atoms. The third kappa shape index (κ3) is 3.80. The van der Waals surface area contributed by atoms with Crippen LogP contribution in [-0.2, 0) is 0 Å². The van der Waals surface area contributed by atoms with Gasteiger partial charge in [-0.25, -0.2) is 9.79 Å². The summed E-state index contributed by atoms with van der Waals surface area (Å²) in [7, 11) is 0. The molecule has 0 bridgehead atoms. The number of ether oxygens (including phenoxy) is 1.